The van der Waals surface area contributed by atoms with E-state index in [0.717, 1.165) is 19.5 Å². The zero-order valence-corrected chi connectivity index (χ0v) is 11.7. The van der Waals surface area contributed by atoms with Gasteiger partial charge >= 0.3 is 19.3 Å². The molecule has 0 bridgehead atoms. The lowest BCUT2D eigenvalue weighted by molar-refractivity contribution is -0.192. The fraction of sp³-hybridized carbons (Fsp3) is 0.818. The molecule has 2 aliphatic rings. The van der Waals surface area contributed by atoms with E-state index < -0.39 is 19.3 Å². The van der Waals surface area contributed by atoms with Crippen LogP contribution in [0.3, 0.4) is 0 Å². The Kier molecular flexibility index (Phi) is 6.63. The lowest BCUT2D eigenvalue weighted by Crippen LogP contribution is -2.36. The van der Waals surface area contributed by atoms with Gasteiger partial charge in [0.05, 0.1) is 5.92 Å². The molecule has 0 aromatic rings. The predicted octanol–water partition coefficient (Wildman–Crippen LogP) is -0.696. The number of likely N-dealkylation sites (tertiary alicyclic amines) is 1. The van der Waals surface area contributed by atoms with Gasteiger partial charge in [-0.15, -0.1) is 0 Å². The van der Waals surface area contributed by atoms with Crippen molar-refractivity contribution in [3.8, 4) is 0 Å². The van der Waals surface area contributed by atoms with Gasteiger partial charge in [0.25, 0.3) is 0 Å². The summed E-state index contributed by atoms with van der Waals surface area (Å²) in [6.07, 6.45) is -3.48. The first-order chi connectivity index (χ1) is 10.1. The van der Waals surface area contributed by atoms with Gasteiger partial charge in [0.1, 0.15) is 0 Å². The fourth-order valence-corrected chi connectivity index (χ4v) is 2.35. The second-order valence-electron chi connectivity index (χ2n) is 5.24. The van der Waals surface area contributed by atoms with Crippen LogP contribution in [-0.2, 0) is 9.59 Å². The number of hydrogen-bond donors (Lipinski definition) is 4. The molecule has 2 aliphatic heterocycles. The normalized spacial score (nSPS) is 24.7. The molecule has 22 heavy (non-hydrogen) atoms. The van der Waals surface area contributed by atoms with Gasteiger partial charge in [-0.2, -0.15) is 13.2 Å². The molecule has 11 heteroatoms. The number of amides is 1. The van der Waals surface area contributed by atoms with Crippen LogP contribution < -0.4 is 5.32 Å². The van der Waals surface area contributed by atoms with Crippen LogP contribution in [0.1, 0.15) is 12.8 Å². The number of aliphatic carboxylic acids is 1. The van der Waals surface area contributed by atoms with Gasteiger partial charge in [0, 0.05) is 25.5 Å². The van der Waals surface area contributed by atoms with Crippen LogP contribution in [0.5, 0.6) is 0 Å². The van der Waals surface area contributed by atoms with E-state index in [-0.39, 0.29) is 17.6 Å². The Balaban J connectivity index is 0.000000295. The number of carboxylic acid groups (broad SMARTS) is 1. The molecule has 1 unspecified atom stereocenters. The van der Waals surface area contributed by atoms with Crippen LogP contribution in [0.15, 0.2) is 0 Å². The van der Waals surface area contributed by atoms with E-state index in [1.807, 2.05) is 0 Å². The Morgan fingerprint density at radius 1 is 1.23 bits per heavy atom. The van der Waals surface area contributed by atoms with Crippen molar-refractivity contribution in [2.24, 2.45) is 5.92 Å². The topological polar surface area (TPSA) is 110 Å². The number of rotatable bonds is 2. The minimum atomic E-state index is -5.08. The van der Waals surface area contributed by atoms with Crippen LogP contribution in [-0.4, -0.2) is 71.4 Å². The summed E-state index contributed by atoms with van der Waals surface area (Å²) in [6, 6.07) is 0. The highest BCUT2D eigenvalue weighted by atomic mass is 19.4. The molecule has 0 aromatic carbocycles. The molecule has 0 radical (unpaired) electrons. The van der Waals surface area contributed by atoms with Gasteiger partial charge in [0.2, 0.25) is 5.91 Å². The summed E-state index contributed by atoms with van der Waals surface area (Å²) in [5.74, 6) is -2.65. The molecule has 2 heterocycles. The molecule has 126 valence electrons. The molecule has 0 saturated carbocycles. The summed E-state index contributed by atoms with van der Waals surface area (Å²) < 4.78 is 31.7. The van der Waals surface area contributed by atoms with E-state index in [1.54, 1.807) is 4.90 Å². The Morgan fingerprint density at radius 2 is 1.82 bits per heavy atom. The van der Waals surface area contributed by atoms with Crippen molar-refractivity contribution < 1.29 is 37.9 Å². The maximum Gasteiger partial charge on any atom is 0.490 e. The van der Waals surface area contributed by atoms with E-state index in [4.69, 9.17) is 19.9 Å². The Hall–Kier alpha value is -1.33. The van der Waals surface area contributed by atoms with Crippen LogP contribution in [0, 0.1) is 5.92 Å². The maximum atomic E-state index is 11.9. The first-order valence-electron chi connectivity index (χ1n) is 6.78. The van der Waals surface area contributed by atoms with Crippen LogP contribution >= 0.6 is 0 Å². The number of nitrogens with zero attached hydrogens (tertiary/aromatic N) is 1. The van der Waals surface area contributed by atoms with E-state index in [1.165, 1.54) is 0 Å². The summed E-state index contributed by atoms with van der Waals surface area (Å²) in [5.41, 5.74) is 0. The number of nitrogens with one attached hydrogen (secondary N) is 1. The van der Waals surface area contributed by atoms with Crippen molar-refractivity contribution >= 4 is 19.0 Å². The minimum absolute atomic E-state index is 0.0968. The molecular formula is C11H18BF3N2O5. The predicted molar refractivity (Wildman–Crippen MR) is 69.8 cm³/mol. The Morgan fingerprint density at radius 3 is 2.18 bits per heavy atom. The molecule has 2 saturated heterocycles. The minimum Gasteiger partial charge on any atom is -0.475 e. The third-order valence-electron chi connectivity index (χ3n) is 3.61. The van der Waals surface area contributed by atoms with E-state index in [9.17, 15) is 18.0 Å². The van der Waals surface area contributed by atoms with Crippen LogP contribution in [0.2, 0.25) is 5.82 Å². The summed E-state index contributed by atoms with van der Waals surface area (Å²) in [5, 5.41) is 28.3. The molecule has 2 atom stereocenters. The highest BCUT2D eigenvalue weighted by Gasteiger charge is 2.38. The number of carbonyl (C=O) groups excluding carboxylic acids is 1. The highest BCUT2D eigenvalue weighted by molar-refractivity contribution is 6.43. The van der Waals surface area contributed by atoms with E-state index in [2.05, 4.69) is 5.32 Å². The van der Waals surface area contributed by atoms with Gasteiger partial charge in [-0.05, 0) is 19.4 Å². The van der Waals surface area contributed by atoms with Gasteiger partial charge < -0.3 is 25.4 Å². The molecule has 1 amide bonds. The van der Waals surface area contributed by atoms with Crippen molar-refractivity contribution in [2.75, 3.05) is 26.2 Å². The Labute approximate surface area is 125 Å². The lowest BCUT2D eigenvalue weighted by Gasteiger charge is -2.20. The first-order valence-corrected chi connectivity index (χ1v) is 6.78. The molecule has 0 spiro atoms. The number of hydrogen-bond acceptors (Lipinski definition) is 5. The quantitative estimate of drug-likeness (QED) is 0.500. The summed E-state index contributed by atoms with van der Waals surface area (Å²) in [7, 11) is -1.29. The fourth-order valence-electron chi connectivity index (χ4n) is 2.35. The largest absolute Gasteiger partial charge is 0.490 e. The smallest absolute Gasteiger partial charge is 0.475 e. The van der Waals surface area contributed by atoms with Crippen molar-refractivity contribution in [2.45, 2.75) is 24.8 Å². The molecule has 4 N–H and O–H groups in total. The molecule has 2 fully saturated rings. The van der Waals surface area contributed by atoms with Crippen molar-refractivity contribution in [1.29, 1.82) is 0 Å². The van der Waals surface area contributed by atoms with Crippen molar-refractivity contribution in [3.63, 3.8) is 0 Å². The molecular weight excluding hydrogens is 308 g/mol. The molecule has 2 rings (SSSR count). The lowest BCUT2D eigenvalue weighted by atomic mass is 9.72. The van der Waals surface area contributed by atoms with Gasteiger partial charge in [-0.3, -0.25) is 4.79 Å². The van der Waals surface area contributed by atoms with Gasteiger partial charge in [0.15, 0.2) is 0 Å². The van der Waals surface area contributed by atoms with E-state index >= 15 is 0 Å². The summed E-state index contributed by atoms with van der Waals surface area (Å²) in [6.45, 7) is 2.84. The SMILES string of the molecule is O=C(O)C(F)(F)F.O=C([C@H]1CCNC1)N1CCC(B(O)O)C1. The number of alkyl halides is 3. The van der Waals surface area contributed by atoms with Crippen LogP contribution in [0.25, 0.3) is 0 Å². The standard InChI is InChI=1S/C9H17BN2O3.C2HF3O2/c13-9(7-1-3-11-5-7)12-4-2-8(6-12)10(14)15;3-2(4,5)1(6)7/h7-8,11,14-15H,1-6H2;(H,6,7)/t7-,8?;/m0./s1. The average molecular weight is 326 g/mol. The third-order valence-corrected chi connectivity index (χ3v) is 3.61. The van der Waals surface area contributed by atoms with Crippen molar-refractivity contribution in [3.05, 3.63) is 0 Å². The maximum absolute atomic E-state index is 11.9. The summed E-state index contributed by atoms with van der Waals surface area (Å²) >= 11 is 0. The van der Waals surface area contributed by atoms with Gasteiger partial charge in [-0.25, -0.2) is 4.79 Å². The second-order valence-corrected chi connectivity index (χ2v) is 5.24. The first kappa shape index (κ1) is 18.7. The molecule has 7 nitrogen and oxygen atoms in total. The zero-order chi connectivity index (χ0) is 16.9. The summed E-state index contributed by atoms with van der Waals surface area (Å²) in [4.78, 5) is 22.6. The highest BCUT2D eigenvalue weighted by Crippen LogP contribution is 2.25. The monoisotopic (exact) mass is 326 g/mol. The number of carbonyl (C=O) groups is 2. The Bertz CT molecular complexity index is 402. The average Bonchev–Trinajstić information content (AvgIpc) is 3.09. The van der Waals surface area contributed by atoms with Crippen molar-refractivity contribution in [1.82, 2.24) is 10.2 Å². The second kappa shape index (κ2) is 7.79. The number of carboxylic acids is 1. The van der Waals surface area contributed by atoms with Gasteiger partial charge in [-0.1, -0.05) is 0 Å². The molecule has 0 aromatic heterocycles. The number of halogens is 3. The van der Waals surface area contributed by atoms with Crippen LogP contribution in [0.4, 0.5) is 13.2 Å². The molecule has 0 aliphatic carbocycles. The third kappa shape index (κ3) is 5.46. The zero-order valence-electron chi connectivity index (χ0n) is 11.7. The van der Waals surface area contributed by atoms with E-state index in [0.29, 0.717) is 19.5 Å².